The average molecular weight is 422 g/mol. The third-order valence-corrected chi connectivity index (χ3v) is 5.14. The van der Waals surface area contributed by atoms with Gasteiger partial charge in [-0.1, -0.05) is 11.8 Å². The molecule has 0 aliphatic rings. The molecule has 0 radical (unpaired) electrons. The lowest BCUT2D eigenvalue weighted by molar-refractivity contribution is 0.311. The second kappa shape index (κ2) is 9.86. The van der Waals surface area contributed by atoms with Gasteiger partial charge in [-0.25, -0.2) is 0 Å². The summed E-state index contributed by atoms with van der Waals surface area (Å²) in [6.07, 6.45) is 6.52. The molecule has 0 bridgehead atoms. The number of aromatic nitrogens is 2. The second-order valence-corrected chi connectivity index (χ2v) is 7.38. The van der Waals surface area contributed by atoms with Crippen molar-refractivity contribution in [2.45, 2.75) is 4.90 Å². The number of hydrogen-bond acceptors (Lipinski definition) is 8. The van der Waals surface area contributed by atoms with E-state index in [4.69, 9.17) is 21.7 Å². The lowest BCUT2D eigenvalue weighted by Gasteiger charge is -2.11. The summed E-state index contributed by atoms with van der Waals surface area (Å²) in [6.45, 7) is 0.496. The van der Waals surface area contributed by atoms with Crippen LogP contribution < -0.4 is 16.5 Å². The van der Waals surface area contributed by atoms with Gasteiger partial charge in [-0.2, -0.15) is 0 Å². The maximum Gasteiger partial charge on any atom is 0.171 e. The average Bonchev–Trinajstić information content (AvgIpc) is 2.76. The topological polar surface area (TPSA) is 136 Å². The van der Waals surface area contributed by atoms with Crippen LogP contribution in [-0.4, -0.2) is 46.2 Å². The Balaban J connectivity index is 1.88. The monoisotopic (exact) mass is 421 g/mol. The highest BCUT2D eigenvalue weighted by Crippen LogP contribution is 2.25. The number of aliphatic hydroxyl groups excluding tert-OH is 1. The first kappa shape index (κ1) is 21.3. The molecule has 0 amide bonds. The molecule has 0 aliphatic carbocycles. The summed E-state index contributed by atoms with van der Waals surface area (Å²) in [5.74, 6) is 0. The quantitative estimate of drug-likeness (QED) is 0.237. The highest BCUT2D eigenvalue weighted by atomic mass is 32.2. The van der Waals surface area contributed by atoms with E-state index in [2.05, 4.69) is 15.3 Å². The lowest BCUT2D eigenvalue weighted by atomic mass is 10.1. The number of rotatable bonds is 6. The molecule has 8 nitrogen and oxygen atoms in total. The normalized spacial score (nSPS) is 11.9. The van der Waals surface area contributed by atoms with Gasteiger partial charge in [0.2, 0.25) is 0 Å². The summed E-state index contributed by atoms with van der Waals surface area (Å²) in [7, 11) is 1.66. The van der Waals surface area contributed by atoms with E-state index in [1.165, 1.54) is 22.5 Å². The van der Waals surface area contributed by atoms with Gasteiger partial charge in [0, 0.05) is 53.6 Å². The molecule has 3 rings (SSSR count). The molecule has 0 fully saturated rings. The minimum atomic E-state index is 0.0437. The number of nitrogens with zero attached hydrogens (tertiary/aromatic N) is 3. The van der Waals surface area contributed by atoms with Gasteiger partial charge >= 0.3 is 0 Å². The van der Waals surface area contributed by atoms with Crippen LogP contribution in [0.2, 0.25) is 0 Å². The van der Waals surface area contributed by atoms with Crippen molar-refractivity contribution in [3.63, 3.8) is 0 Å². The van der Waals surface area contributed by atoms with Crippen molar-refractivity contribution in [3.8, 4) is 0 Å². The van der Waals surface area contributed by atoms with Crippen LogP contribution in [0.15, 0.2) is 64.9 Å². The molecular weight excluding hydrogens is 398 g/mol. The number of hydrogen-bond donors (Lipinski definition) is 5. The Kier molecular flexibility index (Phi) is 6.99. The minimum absolute atomic E-state index is 0.0437. The van der Waals surface area contributed by atoms with E-state index < -0.39 is 0 Å². The number of fused-ring (bicyclic) bond motifs is 1. The van der Waals surface area contributed by atoms with Crippen LogP contribution in [0.4, 0.5) is 5.69 Å². The van der Waals surface area contributed by atoms with Crippen molar-refractivity contribution >= 4 is 45.3 Å². The summed E-state index contributed by atoms with van der Waals surface area (Å²) in [6, 6.07) is 11.1. The maximum atomic E-state index is 8.97. The van der Waals surface area contributed by atoms with E-state index in [1.54, 1.807) is 37.8 Å². The van der Waals surface area contributed by atoms with Crippen molar-refractivity contribution in [2.24, 2.45) is 10.7 Å². The highest BCUT2D eigenvalue weighted by Gasteiger charge is 2.08. The molecule has 0 saturated carbocycles. The first-order chi connectivity index (χ1) is 14.5. The maximum absolute atomic E-state index is 8.97. The van der Waals surface area contributed by atoms with Gasteiger partial charge in [0.25, 0.3) is 0 Å². The number of nitrogens with two attached hydrogens (primary N) is 1. The zero-order valence-electron chi connectivity index (χ0n) is 16.5. The van der Waals surface area contributed by atoms with E-state index in [0.29, 0.717) is 12.1 Å². The fourth-order valence-electron chi connectivity index (χ4n) is 2.82. The zero-order chi connectivity index (χ0) is 21.5. The first-order valence-electron chi connectivity index (χ1n) is 9.18. The smallest absolute Gasteiger partial charge is 0.171 e. The van der Waals surface area contributed by atoms with Crippen molar-refractivity contribution < 1.29 is 5.11 Å². The second-order valence-electron chi connectivity index (χ2n) is 6.32. The molecule has 30 heavy (non-hydrogen) atoms. The predicted octanol–water partition coefficient (Wildman–Crippen LogP) is 2.50. The molecule has 0 spiro atoms. The lowest BCUT2D eigenvalue weighted by Crippen LogP contribution is -2.24. The molecule has 1 aromatic carbocycles. The standard InChI is InChI=1S/C21H23N7OS/c1-25-11-16(10-22)14-2-5-20(23)28(13-14)21(24)30-18-3-4-19-15(9-18)8-17(12-27-19)26-6-7-29/h2-5,8-13,23-24,26,29H,6-7,22H2,1H3. The van der Waals surface area contributed by atoms with E-state index in [-0.39, 0.29) is 17.3 Å². The van der Waals surface area contributed by atoms with E-state index in [9.17, 15) is 0 Å². The summed E-state index contributed by atoms with van der Waals surface area (Å²) in [5.41, 5.74) is 9.02. The number of aliphatic imine (C=N–C) groups is 1. The third-order valence-electron chi connectivity index (χ3n) is 4.26. The van der Waals surface area contributed by atoms with Crippen LogP contribution in [0.1, 0.15) is 5.56 Å². The molecular formula is C21H23N7OS. The fraction of sp³-hybridized carbons (Fsp3) is 0.143. The largest absolute Gasteiger partial charge is 0.404 e. The zero-order valence-corrected chi connectivity index (χ0v) is 17.3. The summed E-state index contributed by atoms with van der Waals surface area (Å²) in [5, 5.41) is 29.9. The van der Waals surface area contributed by atoms with Gasteiger partial charge in [0.15, 0.2) is 5.17 Å². The number of thioether (sulfide) groups is 1. The summed E-state index contributed by atoms with van der Waals surface area (Å²) >= 11 is 1.24. The van der Waals surface area contributed by atoms with Gasteiger partial charge in [0.05, 0.1) is 24.0 Å². The summed E-state index contributed by atoms with van der Waals surface area (Å²) < 4.78 is 1.49. The molecule has 2 aromatic heterocycles. The Morgan fingerprint density at radius 2 is 2.17 bits per heavy atom. The van der Waals surface area contributed by atoms with Crippen LogP contribution in [0, 0.1) is 10.8 Å². The van der Waals surface area contributed by atoms with E-state index >= 15 is 0 Å². The Hall–Kier alpha value is -3.43. The van der Waals surface area contributed by atoms with Gasteiger partial charge in [-0.3, -0.25) is 25.4 Å². The molecule has 9 heteroatoms. The fourth-order valence-corrected chi connectivity index (χ4v) is 3.62. The molecule has 0 saturated heterocycles. The van der Waals surface area contributed by atoms with Crippen molar-refractivity contribution in [2.75, 3.05) is 25.5 Å². The minimum Gasteiger partial charge on any atom is -0.404 e. The van der Waals surface area contributed by atoms with Gasteiger partial charge < -0.3 is 16.2 Å². The van der Waals surface area contributed by atoms with Gasteiger partial charge in [-0.05, 0) is 36.4 Å². The number of aliphatic hydroxyl groups is 1. The van der Waals surface area contributed by atoms with Crippen LogP contribution in [0.5, 0.6) is 0 Å². The van der Waals surface area contributed by atoms with Crippen LogP contribution in [0.3, 0.4) is 0 Å². The first-order valence-corrected chi connectivity index (χ1v) is 10.0. The molecule has 3 aromatic rings. The third kappa shape index (κ3) is 4.94. The Morgan fingerprint density at radius 1 is 1.33 bits per heavy atom. The molecule has 0 atom stereocenters. The van der Waals surface area contributed by atoms with Gasteiger partial charge in [-0.15, -0.1) is 0 Å². The molecule has 0 aliphatic heterocycles. The van der Waals surface area contributed by atoms with Gasteiger partial charge in [0.1, 0.15) is 5.49 Å². The number of benzene rings is 1. The van der Waals surface area contributed by atoms with Crippen molar-refractivity contribution in [3.05, 3.63) is 66.0 Å². The molecule has 2 heterocycles. The number of anilines is 1. The van der Waals surface area contributed by atoms with Crippen LogP contribution in [-0.2, 0) is 0 Å². The Morgan fingerprint density at radius 3 is 2.90 bits per heavy atom. The number of allylic oxidation sites excluding steroid dienone is 1. The van der Waals surface area contributed by atoms with Crippen LogP contribution in [0.25, 0.3) is 16.5 Å². The number of nitrogens with one attached hydrogen (secondary N) is 3. The molecule has 154 valence electrons. The van der Waals surface area contributed by atoms with Crippen molar-refractivity contribution in [1.82, 2.24) is 9.55 Å². The molecule has 0 unspecified atom stereocenters. The van der Waals surface area contributed by atoms with Crippen LogP contribution >= 0.6 is 11.8 Å². The number of pyridine rings is 2. The predicted molar refractivity (Wildman–Crippen MR) is 123 cm³/mol. The Bertz CT molecular complexity index is 1180. The highest BCUT2D eigenvalue weighted by molar-refractivity contribution is 8.13. The summed E-state index contributed by atoms with van der Waals surface area (Å²) in [4.78, 5) is 9.26. The Labute approximate surface area is 178 Å². The van der Waals surface area contributed by atoms with E-state index in [0.717, 1.165) is 27.0 Å². The van der Waals surface area contributed by atoms with E-state index in [1.807, 2.05) is 24.3 Å². The SMILES string of the molecule is CN=CC(=CN)c1ccc(=N)n(C(=N)Sc2ccc3ncc(NCCO)cc3c2)c1. The van der Waals surface area contributed by atoms with Crippen molar-refractivity contribution in [1.29, 1.82) is 10.8 Å². The molecule has 6 N–H and O–H groups in total.